The maximum atomic E-state index is 12.9. The fourth-order valence-corrected chi connectivity index (χ4v) is 1.15. The lowest BCUT2D eigenvalue weighted by molar-refractivity contribution is 0.624. The summed E-state index contributed by atoms with van der Waals surface area (Å²) in [6, 6.07) is 4.61. The highest BCUT2D eigenvalue weighted by Crippen LogP contribution is 2.14. The number of rotatable bonds is 0. The van der Waals surface area contributed by atoms with Crippen LogP contribution in [0.4, 0.5) is 4.39 Å². The van der Waals surface area contributed by atoms with Crippen molar-refractivity contribution in [1.82, 2.24) is 0 Å². The first kappa shape index (κ1) is 9.57. The average molecular weight is 247 g/mol. The zero-order chi connectivity index (χ0) is 8.97. The molecule has 12 heavy (non-hydrogen) atoms. The van der Waals surface area contributed by atoms with Crippen molar-refractivity contribution in [2.75, 3.05) is 5.88 Å². The van der Waals surface area contributed by atoms with Crippen molar-refractivity contribution >= 4 is 27.5 Å². The molecular weight excluding hydrogens is 242 g/mol. The molecule has 0 bridgehead atoms. The number of hydrogen-bond acceptors (Lipinski definition) is 0. The topological polar surface area (TPSA) is 0 Å². The third-order valence-corrected chi connectivity index (χ3v) is 1.85. The van der Waals surface area contributed by atoms with Crippen molar-refractivity contribution in [3.05, 3.63) is 34.1 Å². The van der Waals surface area contributed by atoms with E-state index in [0.717, 1.165) is 4.47 Å². The molecule has 0 nitrogen and oxygen atoms in total. The van der Waals surface area contributed by atoms with Gasteiger partial charge in [-0.2, -0.15) is 0 Å². The van der Waals surface area contributed by atoms with Gasteiger partial charge in [0.1, 0.15) is 5.82 Å². The molecule has 0 spiro atoms. The molecule has 0 aromatic heterocycles. The molecule has 1 aromatic carbocycles. The van der Waals surface area contributed by atoms with Gasteiger partial charge in [-0.1, -0.05) is 27.8 Å². The van der Waals surface area contributed by atoms with E-state index in [1.54, 1.807) is 12.1 Å². The number of halogens is 3. The van der Waals surface area contributed by atoms with Crippen LogP contribution in [-0.4, -0.2) is 5.88 Å². The second-order valence-corrected chi connectivity index (χ2v) is 3.24. The van der Waals surface area contributed by atoms with Gasteiger partial charge in [0.2, 0.25) is 0 Å². The molecular formula is C9H5BrClF. The van der Waals surface area contributed by atoms with E-state index >= 15 is 0 Å². The molecule has 0 heterocycles. The Morgan fingerprint density at radius 3 is 2.92 bits per heavy atom. The summed E-state index contributed by atoms with van der Waals surface area (Å²) in [5.41, 5.74) is 0.366. The highest BCUT2D eigenvalue weighted by Gasteiger charge is 1.97. The highest BCUT2D eigenvalue weighted by molar-refractivity contribution is 9.10. The van der Waals surface area contributed by atoms with E-state index in [9.17, 15) is 4.39 Å². The van der Waals surface area contributed by atoms with E-state index in [4.69, 9.17) is 11.6 Å². The summed E-state index contributed by atoms with van der Waals surface area (Å²) in [4.78, 5) is 0. The first-order valence-electron chi connectivity index (χ1n) is 3.24. The van der Waals surface area contributed by atoms with E-state index in [1.807, 2.05) is 0 Å². The van der Waals surface area contributed by atoms with E-state index in [1.165, 1.54) is 6.07 Å². The summed E-state index contributed by atoms with van der Waals surface area (Å²) < 4.78 is 13.7. The van der Waals surface area contributed by atoms with Crippen molar-refractivity contribution in [2.45, 2.75) is 0 Å². The molecule has 0 atom stereocenters. The zero-order valence-corrected chi connectivity index (χ0v) is 8.41. The third-order valence-electron chi connectivity index (χ3n) is 1.22. The van der Waals surface area contributed by atoms with Crippen LogP contribution in [0.25, 0.3) is 0 Å². The molecule has 0 N–H and O–H groups in total. The largest absolute Gasteiger partial charge is 0.206 e. The van der Waals surface area contributed by atoms with Gasteiger partial charge in [0, 0.05) is 4.47 Å². The molecule has 0 aliphatic rings. The summed E-state index contributed by atoms with van der Waals surface area (Å²) in [6.45, 7) is 0. The van der Waals surface area contributed by atoms with Gasteiger partial charge >= 0.3 is 0 Å². The Kier molecular flexibility index (Phi) is 3.58. The molecule has 0 saturated carbocycles. The lowest BCUT2D eigenvalue weighted by Gasteiger charge is -1.93. The molecule has 0 saturated heterocycles. The van der Waals surface area contributed by atoms with Crippen LogP contribution in [0, 0.1) is 17.7 Å². The smallest absolute Gasteiger partial charge is 0.138 e. The molecule has 3 heteroatoms. The Morgan fingerprint density at radius 1 is 1.50 bits per heavy atom. The van der Waals surface area contributed by atoms with Crippen molar-refractivity contribution in [3.63, 3.8) is 0 Å². The van der Waals surface area contributed by atoms with Gasteiger partial charge in [-0.15, -0.1) is 11.6 Å². The van der Waals surface area contributed by atoms with Gasteiger partial charge in [0.25, 0.3) is 0 Å². The minimum absolute atomic E-state index is 0.214. The highest BCUT2D eigenvalue weighted by atomic mass is 79.9. The Morgan fingerprint density at radius 2 is 2.25 bits per heavy atom. The van der Waals surface area contributed by atoms with Gasteiger partial charge < -0.3 is 0 Å². The van der Waals surface area contributed by atoms with Crippen molar-refractivity contribution in [1.29, 1.82) is 0 Å². The maximum Gasteiger partial charge on any atom is 0.138 e. The molecule has 0 radical (unpaired) electrons. The summed E-state index contributed by atoms with van der Waals surface area (Å²) in [6.07, 6.45) is 0. The molecule has 1 rings (SSSR count). The summed E-state index contributed by atoms with van der Waals surface area (Å²) in [5.74, 6) is 5.09. The molecule has 0 aliphatic heterocycles. The van der Waals surface area contributed by atoms with Gasteiger partial charge in [-0.3, -0.25) is 0 Å². The van der Waals surface area contributed by atoms with Crippen LogP contribution in [0.3, 0.4) is 0 Å². The Hall–Kier alpha value is -0.520. The molecule has 1 aromatic rings. The maximum absolute atomic E-state index is 12.9. The molecule has 0 amide bonds. The van der Waals surface area contributed by atoms with Gasteiger partial charge in [0.15, 0.2) is 0 Å². The first-order chi connectivity index (χ1) is 5.74. The number of hydrogen-bond donors (Lipinski definition) is 0. The fraction of sp³-hybridized carbons (Fsp3) is 0.111. The van der Waals surface area contributed by atoms with Crippen LogP contribution in [0.1, 0.15) is 5.56 Å². The van der Waals surface area contributed by atoms with Crippen LogP contribution in [-0.2, 0) is 0 Å². The predicted octanol–water partition coefficient (Wildman–Crippen LogP) is 3.18. The van der Waals surface area contributed by atoms with Crippen LogP contribution < -0.4 is 0 Å². The quantitative estimate of drug-likeness (QED) is 0.488. The normalized spacial score (nSPS) is 8.92. The predicted molar refractivity (Wildman–Crippen MR) is 51.7 cm³/mol. The Balaban J connectivity index is 3.05. The fourth-order valence-electron chi connectivity index (χ4n) is 0.722. The minimum Gasteiger partial charge on any atom is -0.206 e. The van der Waals surface area contributed by atoms with E-state index in [-0.39, 0.29) is 11.7 Å². The van der Waals surface area contributed by atoms with Crippen LogP contribution in [0.2, 0.25) is 0 Å². The molecule has 0 unspecified atom stereocenters. The standard InChI is InChI=1S/C9H5BrClF/c10-8-3-4-9(12)7(6-8)2-1-5-11/h3-4,6H,5H2. The van der Waals surface area contributed by atoms with E-state index in [2.05, 4.69) is 27.8 Å². The SMILES string of the molecule is Fc1ccc(Br)cc1C#CCCl. The van der Waals surface area contributed by atoms with Crippen LogP contribution in [0.5, 0.6) is 0 Å². The van der Waals surface area contributed by atoms with Gasteiger partial charge in [-0.05, 0) is 18.2 Å². The third kappa shape index (κ3) is 2.51. The lowest BCUT2D eigenvalue weighted by Crippen LogP contribution is -1.82. The first-order valence-corrected chi connectivity index (χ1v) is 4.56. The van der Waals surface area contributed by atoms with E-state index < -0.39 is 0 Å². The Bertz CT molecular complexity index is 338. The average Bonchev–Trinajstić information content (AvgIpc) is 2.07. The Labute approximate surface area is 83.9 Å². The van der Waals surface area contributed by atoms with Crippen molar-refractivity contribution in [2.24, 2.45) is 0 Å². The summed E-state index contributed by atoms with van der Waals surface area (Å²) >= 11 is 8.56. The summed E-state index contributed by atoms with van der Waals surface area (Å²) in [7, 11) is 0. The molecule has 62 valence electrons. The van der Waals surface area contributed by atoms with E-state index in [0.29, 0.717) is 5.56 Å². The number of alkyl halides is 1. The van der Waals surface area contributed by atoms with Crippen LogP contribution >= 0.6 is 27.5 Å². The van der Waals surface area contributed by atoms with Gasteiger partial charge in [-0.25, -0.2) is 4.39 Å². The second-order valence-electron chi connectivity index (χ2n) is 2.06. The van der Waals surface area contributed by atoms with Crippen LogP contribution in [0.15, 0.2) is 22.7 Å². The number of benzene rings is 1. The monoisotopic (exact) mass is 246 g/mol. The lowest BCUT2D eigenvalue weighted by atomic mass is 10.2. The summed E-state index contributed by atoms with van der Waals surface area (Å²) in [5, 5.41) is 0. The molecule has 0 aliphatic carbocycles. The van der Waals surface area contributed by atoms with Crippen molar-refractivity contribution in [3.8, 4) is 11.8 Å². The zero-order valence-electron chi connectivity index (χ0n) is 6.07. The second kappa shape index (κ2) is 4.49. The minimum atomic E-state index is -0.323. The molecule has 0 fully saturated rings. The van der Waals surface area contributed by atoms with Crippen molar-refractivity contribution < 1.29 is 4.39 Å². The van der Waals surface area contributed by atoms with Gasteiger partial charge in [0.05, 0.1) is 11.4 Å².